The number of hydrogen-bond acceptors (Lipinski definition) is 4. The molecule has 1 atom stereocenters. The molecule has 0 bridgehead atoms. The molecule has 1 rings (SSSR count). The summed E-state index contributed by atoms with van der Waals surface area (Å²) < 4.78 is 5.09. The average Bonchev–Trinajstić information content (AvgIpc) is 2.55. The second kappa shape index (κ2) is 5.32. The maximum atomic E-state index is 5.09. The van der Waals surface area contributed by atoms with E-state index in [0.29, 0.717) is 6.04 Å². The molecule has 1 aromatic heterocycles. The average molecular weight is 214 g/mol. The Morgan fingerprint density at radius 2 is 2.29 bits per heavy atom. The molecular formula is C10H18N2OS. The van der Waals surface area contributed by atoms with Gasteiger partial charge in [0.1, 0.15) is 0 Å². The van der Waals surface area contributed by atoms with Crippen molar-refractivity contribution in [2.75, 3.05) is 7.11 Å². The Bertz CT molecular complexity index is 286. The third kappa shape index (κ3) is 2.96. The van der Waals surface area contributed by atoms with Gasteiger partial charge >= 0.3 is 0 Å². The summed E-state index contributed by atoms with van der Waals surface area (Å²) in [4.78, 5) is 5.56. The first-order chi connectivity index (χ1) is 6.67. The fourth-order valence-electron chi connectivity index (χ4n) is 1.06. The Labute approximate surface area is 89.5 Å². The largest absolute Gasteiger partial charge is 0.473 e. The number of nitrogens with zero attached hydrogens (tertiary/aromatic N) is 1. The number of rotatable bonds is 5. The lowest BCUT2D eigenvalue weighted by Crippen LogP contribution is -2.24. The van der Waals surface area contributed by atoms with Crippen molar-refractivity contribution in [1.29, 1.82) is 0 Å². The van der Waals surface area contributed by atoms with Crippen LogP contribution in [0, 0.1) is 6.92 Å². The van der Waals surface area contributed by atoms with Crippen LogP contribution in [0.2, 0.25) is 0 Å². The van der Waals surface area contributed by atoms with E-state index in [4.69, 9.17) is 4.74 Å². The summed E-state index contributed by atoms with van der Waals surface area (Å²) in [7, 11) is 1.66. The van der Waals surface area contributed by atoms with Crippen molar-refractivity contribution in [3.05, 3.63) is 10.6 Å². The molecule has 1 unspecified atom stereocenters. The number of ether oxygens (including phenoxy) is 1. The lowest BCUT2D eigenvalue weighted by molar-refractivity contribution is 0.411. The third-order valence-electron chi connectivity index (χ3n) is 2.27. The SMILES string of the molecule is CCC(C)NCc1sc(OC)nc1C. The molecule has 0 aliphatic heterocycles. The summed E-state index contributed by atoms with van der Waals surface area (Å²) in [6.07, 6.45) is 1.15. The minimum atomic E-state index is 0.558. The first kappa shape index (κ1) is 11.5. The van der Waals surface area contributed by atoms with Crippen LogP contribution in [0.1, 0.15) is 30.8 Å². The molecule has 14 heavy (non-hydrogen) atoms. The van der Waals surface area contributed by atoms with Crippen molar-refractivity contribution in [2.45, 2.75) is 39.8 Å². The zero-order chi connectivity index (χ0) is 10.6. The van der Waals surface area contributed by atoms with E-state index < -0.39 is 0 Å². The highest BCUT2D eigenvalue weighted by Crippen LogP contribution is 2.23. The summed E-state index contributed by atoms with van der Waals surface area (Å²) in [5.41, 5.74) is 1.07. The Morgan fingerprint density at radius 1 is 1.57 bits per heavy atom. The fraction of sp³-hybridized carbons (Fsp3) is 0.700. The van der Waals surface area contributed by atoms with Crippen LogP contribution in [0.5, 0.6) is 5.19 Å². The molecule has 3 nitrogen and oxygen atoms in total. The van der Waals surface area contributed by atoms with Gasteiger partial charge in [-0.2, -0.15) is 0 Å². The molecule has 0 saturated carbocycles. The summed E-state index contributed by atoms with van der Waals surface area (Å²) in [6.45, 7) is 7.28. The Kier molecular flexibility index (Phi) is 4.35. The smallest absolute Gasteiger partial charge is 0.273 e. The van der Waals surface area contributed by atoms with E-state index in [2.05, 4.69) is 24.1 Å². The molecule has 0 saturated heterocycles. The van der Waals surface area contributed by atoms with Crippen molar-refractivity contribution in [1.82, 2.24) is 10.3 Å². The van der Waals surface area contributed by atoms with E-state index in [-0.39, 0.29) is 0 Å². The van der Waals surface area contributed by atoms with E-state index in [1.807, 2.05) is 6.92 Å². The van der Waals surface area contributed by atoms with Crippen molar-refractivity contribution >= 4 is 11.3 Å². The van der Waals surface area contributed by atoms with Gasteiger partial charge in [-0.3, -0.25) is 0 Å². The summed E-state index contributed by atoms with van der Waals surface area (Å²) >= 11 is 1.62. The lowest BCUT2D eigenvalue weighted by Gasteiger charge is -2.09. The van der Waals surface area contributed by atoms with E-state index in [9.17, 15) is 0 Å². The fourth-order valence-corrected chi connectivity index (χ4v) is 1.89. The van der Waals surface area contributed by atoms with Crippen molar-refractivity contribution < 1.29 is 4.74 Å². The predicted molar refractivity (Wildman–Crippen MR) is 60.0 cm³/mol. The molecule has 4 heteroatoms. The van der Waals surface area contributed by atoms with E-state index in [0.717, 1.165) is 23.9 Å². The Morgan fingerprint density at radius 3 is 2.79 bits per heavy atom. The van der Waals surface area contributed by atoms with Crippen LogP contribution in [0.4, 0.5) is 0 Å². The standard InChI is InChI=1S/C10H18N2OS/c1-5-7(2)11-6-9-8(3)12-10(13-4)14-9/h7,11H,5-6H2,1-4H3. The van der Waals surface area contributed by atoms with Crippen molar-refractivity contribution in [3.8, 4) is 5.19 Å². The van der Waals surface area contributed by atoms with E-state index in [1.165, 1.54) is 4.88 Å². The van der Waals surface area contributed by atoms with Gasteiger partial charge in [0.05, 0.1) is 12.8 Å². The van der Waals surface area contributed by atoms with E-state index >= 15 is 0 Å². The molecule has 0 aromatic carbocycles. The first-order valence-electron chi connectivity index (χ1n) is 4.91. The normalized spacial score (nSPS) is 12.9. The topological polar surface area (TPSA) is 34.1 Å². The molecule has 0 fully saturated rings. The zero-order valence-corrected chi connectivity index (χ0v) is 10.1. The molecular weight excluding hydrogens is 196 g/mol. The van der Waals surface area contributed by atoms with Gasteiger partial charge in [-0.1, -0.05) is 18.3 Å². The number of aryl methyl sites for hydroxylation is 1. The Balaban J connectivity index is 2.53. The molecule has 0 radical (unpaired) electrons. The van der Waals surface area contributed by atoms with Crippen molar-refractivity contribution in [2.24, 2.45) is 0 Å². The number of thiazole rings is 1. The molecule has 0 aliphatic rings. The first-order valence-corrected chi connectivity index (χ1v) is 5.72. The van der Waals surface area contributed by atoms with Gasteiger partial charge < -0.3 is 10.1 Å². The molecule has 1 aromatic rings. The number of methoxy groups -OCH3 is 1. The van der Waals surface area contributed by atoms with Gasteiger partial charge in [-0.25, -0.2) is 4.98 Å². The van der Waals surface area contributed by atoms with Gasteiger partial charge in [-0.05, 0) is 20.3 Å². The van der Waals surface area contributed by atoms with Gasteiger partial charge in [0.25, 0.3) is 5.19 Å². The van der Waals surface area contributed by atoms with Gasteiger partial charge in [0.2, 0.25) is 0 Å². The quantitative estimate of drug-likeness (QED) is 0.817. The summed E-state index contributed by atoms with van der Waals surface area (Å²) in [5.74, 6) is 0. The molecule has 0 amide bonds. The lowest BCUT2D eigenvalue weighted by atomic mass is 10.2. The van der Waals surface area contributed by atoms with Crippen LogP contribution < -0.4 is 10.1 Å². The number of aromatic nitrogens is 1. The Hall–Kier alpha value is -0.610. The van der Waals surface area contributed by atoms with Crippen molar-refractivity contribution in [3.63, 3.8) is 0 Å². The van der Waals surface area contributed by atoms with Crippen LogP contribution in [0.25, 0.3) is 0 Å². The number of hydrogen-bond donors (Lipinski definition) is 1. The monoisotopic (exact) mass is 214 g/mol. The van der Waals surface area contributed by atoms with Crippen LogP contribution in [0.3, 0.4) is 0 Å². The molecule has 0 aliphatic carbocycles. The second-order valence-corrected chi connectivity index (χ2v) is 4.43. The van der Waals surface area contributed by atoms with Gasteiger partial charge in [0.15, 0.2) is 0 Å². The summed E-state index contributed by atoms with van der Waals surface area (Å²) in [6, 6.07) is 0.558. The molecule has 1 heterocycles. The van der Waals surface area contributed by atoms with Gasteiger partial charge in [-0.15, -0.1) is 0 Å². The molecule has 80 valence electrons. The third-order valence-corrected chi connectivity index (χ3v) is 3.39. The predicted octanol–water partition coefficient (Wildman–Crippen LogP) is 2.35. The highest BCUT2D eigenvalue weighted by molar-refractivity contribution is 7.13. The highest BCUT2D eigenvalue weighted by Gasteiger charge is 2.08. The maximum absolute atomic E-state index is 5.09. The van der Waals surface area contributed by atoms with Crippen LogP contribution in [-0.4, -0.2) is 18.1 Å². The zero-order valence-electron chi connectivity index (χ0n) is 9.26. The van der Waals surface area contributed by atoms with Gasteiger partial charge in [0, 0.05) is 17.5 Å². The minimum Gasteiger partial charge on any atom is -0.473 e. The highest BCUT2D eigenvalue weighted by atomic mass is 32.1. The second-order valence-electron chi connectivity index (χ2n) is 3.38. The number of nitrogens with one attached hydrogen (secondary N) is 1. The maximum Gasteiger partial charge on any atom is 0.273 e. The van der Waals surface area contributed by atoms with Crippen LogP contribution >= 0.6 is 11.3 Å². The van der Waals surface area contributed by atoms with Crippen LogP contribution in [0.15, 0.2) is 0 Å². The molecule has 0 spiro atoms. The molecule has 1 N–H and O–H groups in total. The van der Waals surface area contributed by atoms with Crippen LogP contribution in [-0.2, 0) is 6.54 Å². The minimum absolute atomic E-state index is 0.558. The summed E-state index contributed by atoms with van der Waals surface area (Å²) in [5, 5.41) is 4.19. The van der Waals surface area contributed by atoms with E-state index in [1.54, 1.807) is 18.4 Å².